The van der Waals surface area contributed by atoms with E-state index in [9.17, 15) is 9.59 Å². The number of aromatic nitrogens is 5. The maximum atomic E-state index is 14.3. The van der Waals surface area contributed by atoms with Gasteiger partial charge in [-0.05, 0) is 51.6 Å². The Balaban J connectivity index is 1.42. The lowest BCUT2D eigenvalue weighted by Crippen LogP contribution is -2.47. The number of fused-ring (bicyclic) bond motifs is 4. The van der Waals surface area contributed by atoms with E-state index in [2.05, 4.69) is 29.6 Å². The molecule has 2 aliphatic rings. The highest BCUT2D eigenvalue weighted by Crippen LogP contribution is 2.43. The summed E-state index contributed by atoms with van der Waals surface area (Å²) >= 11 is 6.99. The number of carbonyl (C=O) groups is 1. The third-order valence-corrected chi connectivity index (χ3v) is 11.4. The van der Waals surface area contributed by atoms with Crippen molar-refractivity contribution in [3.63, 3.8) is 0 Å². The molecule has 2 bridgehead atoms. The number of benzene rings is 1. The maximum Gasteiger partial charge on any atom is 0.410 e. The molecule has 4 aromatic rings. The molecule has 11 nitrogen and oxygen atoms in total. The highest BCUT2D eigenvalue weighted by molar-refractivity contribution is 6.76. The SMILES string of the molecule is CN(C(=O)OC(C)(C)C)[C@H]1[C@H]2CC[C@@H]1N(c1nc3c(c(-c4ccc5nn(C)cc5c4Cl)cn3COCC[Si](C)(C)C)c(=O)n1C)C2. The van der Waals surface area contributed by atoms with Gasteiger partial charge in [0.1, 0.15) is 12.3 Å². The Hall–Kier alpha value is -3.35. The van der Waals surface area contributed by atoms with Crippen molar-refractivity contribution in [2.45, 2.75) is 83.7 Å². The fourth-order valence-electron chi connectivity index (χ4n) is 7.02. The van der Waals surface area contributed by atoms with E-state index in [0.717, 1.165) is 35.4 Å². The molecule has 0 radical (unpaired) electrons. The minimum absolute atomic E-state index is 0.0244. The molecule has 13 heteroatoms. The lowest BCUT2D eigenvalue weighted by Gasteiger charge is -2.33. The van der Waals surface area contributed by atoms with Crippen LogP contribution in [0.5, 0.6) is 0 Å². The molecule has 3 atom stereocenters. The Kier molecular flexibility index (Phi) is 8.30. The first-order chi connectivity index (χ1) is 21.5. The molecule has 1 aliphatic carbocycles. The average molecular weight is 668 g/mol. The quantitative estimate of drug-likeness (QED) is 0.166. The van der Waals surface area contributed by atoms with Crippen LogP contribution in [0.25, 0.3) is 33.1 Å². The minimum Gasteiger partial charge on any atom is -0.444 e. The Morgan fingerprint density at radius 1 is 1.13 bits per heavy atom. The monoisotopic (exact) mass is 667 g/mol. The van der Waals surface area contributed by atoms with Crippen molar-refractivity contribution >= 4 is 53.7 Å². The summed E-state index contributed by atoms with van der Waals surface area (Å²) in [6.45, 7) is 14.2. The number of amides is 1. The zero-order chi connectivity index (χ0) is 33.3. The molecule has 1 aliphatic heterocycles. The van der Waals surface area contributed by atoms with Crippen LogP contribution in [0.1, 0.15) is 33.6 Å². The van der Waals surface area contributed by atoms with Crippen molar-refractivity contribution in [3.05, 3.63) is 39.9 Å². The summed E-state index contributed by atoms with van der Waals surface area (Å²) in [7, 11) is 4.17. The number of piperidine rings is 1. The first-order valence-electron chi connectivity index (χ1n) is 16.1. The van der Waals surface area contributed by atoms with Crippen LogP contribution in [0.15, 0.2) is 29.3 Å². The smallest absolute Gasteiger partial charge is 0.410 e. The number of hydrogen-bond acceptors (Lipinski definition) is 7. The third kappa shape index (κ3) is 5.95. The van der Waals surface area contributed by atoms with Gasteiger partial charge in [-0.3, -0.25) is 14.0 Å². The van der Waals surface area contributed by atoms with E-state index in [-0.39, 0.29) is 36.4 Å². The number of ether oxygens (including phenoxy) is 2. The second-order valence-electron chi connectivity index (χ2n) is 15.1. The number of nitrogens with zero attached hydrogens (tertiary/aromatic N) is 7. The summed E-state index contributed by atoms with van der Waals surface area (Å²) < 4.78 is 17.2. The normalized spacial score (nSPS) is 20.0. The lowest BCUT2D eigenvalue weighted by atomic mass is 10.0. The van der Waals surface area contributed by atoms with Crippen LogP contribution >= 0.6 is 11.6 Å². The molecule has 3 aromatic heterocycles. The van der Waals surface area contributed by atoms with E-state index in [4.69, 9.17) is 26.1 Å². The fraction of sp³-hybridized carbons (Fsp3) is 0.576. The van der Waals surface area contributed by atoms with Crippen LogP contribution in [-0.4, -0.2) is 80.8 Å². The van der Waals surface area contributed by atoms with Crippen molar-refractivity contribution in [2.75, 3.05) is 25.1 Å². The molecule has 4 heterocycles. The predicted octanol–water partition coefficient (Wildman–Crippen LogP) is 6.09. The Labute approximate surface area is 276 Å². The van der Waals surface area contributed by atoms with Crippen LogP contribution in [0.4, 0.5) is 10.7 Å². The van der Waals surface area contributed by atoms with Gasteiger partial charge in [-0.15, -0.1) is 0 Å². The van der Waals surface area contributed by atoms with Crippen molar-refractivity contribution in [3.8, 4) is 11.1 Å². The van der Waals surface area contributed by atoms with Crippen molar-refractivity contribution in [2.24, 2.45) is 20.0 Å². The van der Waals surface area contributed by atoms with Gasteiger partial charge in [0.2, 0.25) is 5.95 Å². The topological polar surface area (TPSA) is 99.7 Å². The summed E-state index contributed by atoms with van der Waals surface area (Å²) in [5.41, 5.74) is 2.08. The van der Waals surface area contributed by atoms with Crippen LogP contribution in [-0.2, 0) is 30.3 Å². The van der Waals surface area contributed by atoms with Gasteiger partial charge >= 0.3 is 6.09 Å². The summed E-state index contributed by atoms with van der Waals surface area (Å²) in [5.74, 6) is 0.849. The zero-order valence-electron chi connectivity index (χ0n) is 28.4. The number of rotatable bonds is 8. The summed E-state index contributed by atoms with van der Waals surface area (Å²) in [5, 5.41) is 6.35. The Morgan fingerprint density at radius 3 is 2.57 bits per heavy atom. The number of likely N-dealkylation sites (N-methyl/N-ethyl adjacent to an activating group) is 1. The molecule has 0 unspecified atom stereocenters. The fourth-order valence-corrected chi connectivity index (χ4v) is 8.09. The second-order valence-corrected chi connectivity index (χ2v) is 21.1. The Bertz CT molecular complexity index is 1870. The van der Waals surface area contributed by atoms with Crippen LogP contribution in [0.2, 0.25) is 30.7 Å². The van der Waals surface area contributed by atoms with Crippen molar-refractivity contribution in [1.29, 1.82) is 0 Å². The number of anilines is 1. The van der Waals surface area contributed by atoms with E-state index < -0.39 is 13.7 Å². The highest BCUT2D eigenvalue weighted by Gasteiger charge is 2.51. The van der Waals surface area contributed by atoms with E-state index in [1.807, 2.05) is 64.0 Å². The van der Waals surface area contributed by atoms with Gasteiger partial charge in [0.15, 0.2) is 5.65 Å². The van der Waals surface area contributed by atoms with E-state index in [0.29, 0.717) is 40.7 Å². The van der Waals surface area contributed by atoms with Crippen LogP contribution in [0, 0.1) is 5.92 Å². The van der Waals surface area contributed by atoms with Gasteiger partial charge in [-0.2, -0.15) is 10.1 Å². The number of hydrogen-bond donors (Lipinski definition) is 0. The van der Waals surface area contributed by atoms with Crippen LogP contribution in [0.3, 0.4) is 0 Å². The van der Waals surface area contributed by atoms with Crippen LogP contribution < -0.4 is 10.5 Å². The molecule has 1 amide bonds. The highest BCUT2D eigenvalue weighted by atomic mass is 35.5. The van der Waals surface area contributed by atoms with Gasteiger partial charge in [0.25, 0.3) is 5.56 Å². The first kappa shape index (κ1) is 32.6. The molecule has 1 aromatic carbocycles. The van der Waals surface area contributed by atoms with Gasteiger partial charge < -0.3 is 23.8 Å². The van der Waals surface area contributed by atoms with E-state index in [1.165, 1.54) is 0 Å². The largest absolute Gasteiger partial charge is 0.444 e. The molecule has 2 fully saturated rings. The average Bonchev–Trinajstić information content (AvgIpc) is 3.72. The van der Waals surface area contributed by atoms with Crippen molar-refractivity contribution < 1.29 is 14.3 Å². The molecular weight excluding hydrogens is 622 g/mol. The minimum atomic E-state index is -1.29. The molecule has 1 saturated carbocycles. The zero-order valence-corrected chi connectivity index (χ0v) is 30.2. The molecule has 6 rings (SSSR count). The first-order valence-corrected chi connectivity index (χ1v) is 20.1. The summed E-state index contributed by atoms with van der Waals surface area (Å²) in [4.78, 5) is 36.6. The van der Waals surface area contributed by atoms with Crippen molar-refractivity contribution in [1.82, 2.24) is 28.8 Å². The van der Waals surface area contributed by atoms with Gasteiger partial charge in [0.05, 0.1) is 28.0 Å². The molecule has 1 saturated heterocycles. The molecule has 0 N–H and O–H groups in total. The number of aryl methyl sites for hydroxylation is 1. The predicted molar refractivity (Wildman–Crippen MR) is 185 cm³/mol. The molecule has 0 spiro atoms. The molecule has 248 valence electrons. The third-order valence-electron chi connectivity index (χ3n) is 9.26. The second kappa shape index (κ2) is 11.7. The van der Waals surface area contributed by atoms with E-state index in [1.54, 1.807) is 21.2 Å². The Morgan fingerprint density at radius 2 is 1.87 bits per heavy atom. The number of carbonyl (C=O) groups excluding carboxylic acids is 1. The maximum absolute atomic E-state index is 14.3. The molecular formula is C33H46ClN7O4Si. The van der Waals surface area contributed by atoms with E-state index >= 15 is 0 Å². The summed E-state index contributed by atoms with van der Waals surface area (Å²) in [6, 6.07) is 4.88. The lowest BCUT2D eigenvalue weighted by molar-refractivity contribution is 0.0202. The standard InChI is InChI=1S/C33H46ClN7O4Si/c1-33(2,3)45-32(43)38(5)28-20-10-13-25(28)41(16-20)31-35-29-26(30(42)39(31)6)22(18-40(29)19-44-14-15-46(7,8)9)21-11-12-24-23(27(21)34)17-37(4)36-24/h11-12,17-18,20,25,28H,10,13-16,19H2,1-9H3/t20-,25-,28-/m0/s1. The number of halogens is 1. The van der Waals surface area contributed by atoms with Gasteiger partial charge in [-0.1, -0.05) is 37.3 Å². The van der Waals surface area contributed by atoms with Gasteiger partial charge in [0, 0.05) is 71.3 Å². The molecule has 46 heavy (non-hydrogen) atoms. The van der Waals surface area contributed by atoms with Gasteiger partial charge in [-0.25, -0.2) is 4.79 Å². The summed E-state index contributed by atoms with van der Waals surface area (Å²) in [6.07, 6.45) is 5.42.